The molecule has 0 saturated heterocycles. The lowest BCUT2D eigenvalue weighted by molar-refractivity contribution is -0.120. The van der Waals surface area contributed by atoms with Gasteiger partial charge >= 0.3 is 0 Å². The molecule has 0 aliphatic carbocycles. The van der Waals surface area contributed by atoms with Crippen LogP contribution in [-0.4, -0.2) is 34.9 Å². The zero-order valence-corrected chi connectivity index (χ0v) is 13.5. The van der Waals surface area contributed by atoms with Crippen molar-refractivity contribution >= 4 is 23.3 Å². The van der Waals surface area contributed by atoms with E-state index in [1.165, 1.54) is 0 Å². The summed E-state index contributed by atoms with van der Waals surface area (Å²) >= 11 is 0. The fraction of sp³-hybridized carbons (Fsp3) is 0.600. The lowest BCUT2D eigenvalue weighted by Gasteiger charge is -2.33. The number of carbonyl (C=O) groups is 2. The van der Waals surface area contributed by atoms with E-state index < -0.39 is 11.8 Å². The minimum Gasteiger partial charge on any atom is -0.369 e. The number of primary amides is 1. The summed E-state index contributed by atoms with van der Waals surface area (Å²) in [6, 6.07) is -0.322. The van der Waals surface area contributed by atoms with Crippen LogP contribution in [0.5, 0.6) is 0 Å². The van der Waals surface area contributed by atoms with E-state index in [4.69, 9.17) is 5.73 Å². The van der Waals surface area contributed by atoms with Gasteiger partial charge in [0, 0.05) is 7.05 Å². The monoisotopic (exact) mass is 305 g/mol. The van der Waals surface area contributed by atoms with E-state index in [9.17, 15) is 9.59 Å². The predicted molar refractivity (Wildman–Crippen MR) is 84.7 cm³/mol. The molecular formula is C15H23N5O2. The van der Waals surface area contributed by atoms with Crippen LogP contribution in [0.3, 0.4) is 0 Å². The van der Waals surface area contributed by atoms with Gasteiger partial charge < -0.3 is 16.0 Å². The molecular weight excluding hydrogens is 282 g/mol. The molecule has 22 heavy (non-hydrogen) atoms. The molecule has 2 amide bonds. The van der Waals surface area contributed by atoms with Crippen molar-refractivity contribution in [3.63, 3.8) is 0 Å². The molecule has 0 spiro atoms. The van der Waals surface area contributed by atoms with Gasteiger partial charge in [-0.1, -0.05) is 19.8 Å². The molecule has 0 bridgehead atoms. The summed E-state index contributed by atoms with van der Waals surface area (Å²) in [5, 5.41) is 2.83. The van der Waals surface area contributed by atoms with Gasteiger partial charge in [0.25, 0.3) is 0 Å². The fourth-order valence-corrected chi connectivity index (χ4v) is 2.53. The Labute approximate surface area is 130 Å². The SMILES string of the molecule is CCCCC(C(N)=O)c1nc(C)c2c(n1)N(C)[C@@H](C)C(=O)N2. The number of nitrogens with two attached hydrogens (primary N) is 1. The number of hydrogen-bond donors (Lipinski definition) is 2. The molecule has 0 saturated carbocycles. The second kappa shape index (κ2) is 6.29. The summed E-state index contributed by atoms with van der Waals surface area (Å²) < 4.78 is 0. The maximum absolute atomic E-state index is 11.9. The molecule has 3 N–H and O–H groups in total. The van der Waals surface area contributed by atoms with Crippen molar-refractivity contribution in [3.05, 3.63) is 11.5 Å². The predicted octanol–water partition coefficient (Wildman–Crippen LogP) is 1.32. The molecule has 1 aliphatic heterocycles. The first-order valence-electron chi connectivity index (χ1n) is 7.58. The van der Waals surface area contributed by atoms with E-state index in [-0.39, 0.29) is 11.9 Å². The number of nitrogens with zero attached hydrogens (tertiary/aromatic N) is 3. The number of fused-ring (bicyclic) bond motifs is 1. The first-order chi connectivity index (χ1) is 10.4. The lowest BCUT2D eigenvalue weighted by atomic mass is 10.00. The molecule has 7 heteroatoms. The van der Waals surface area contributed by atoms with Crippen LogP contribution in [0.25, 0.3) is 0 Å². The van der Waals surface area contributed by atoms with Crippen LogP contribution in [-0.2, 0) is 9.59 Å². The summed E-state index contributed by atoms with van der Waals surface area (Å²) in [7, 11) is 1.81. The second-order valence-electron chi connectivity index (χ2n) is 5.74. The number of likely N-dealkylation sites (N-methyl/N-ethyl adjacent to an activating group) is 1. The van der Waals surface area contributed by atoms with Crippen molar-refractivity contribution in [1.29, 1.82) is 0 Å². The summed E-state index contributed by atoms with van der Waals surface area (Å²) in [5.74, 6) is 0.0743. The smallest absolute Gasteiger partial charge is 0.246 e. The lowest BCUT2D eigenvalue weighted by Crippen LogP contribution is -2.45. The molecule has 2 atom stereocenters. The molecule has 120 valence electrons. The zero-order chi connectivity index (χ0) is 16.4. The number of nitrogens with one attached hydrogen (secondary N) is 1. The Hall–Kier alpha value is -2.18. The Balaban J connectivity index is 2.46. The van der Waals surface area contributed by atoms with Crippen LogP contribution in [0.2, 0.25) is 0 Å². The molecule has 7 nitrogen and oxygen atoms in total. The van der Waals surface area contributed by atoms with Gasteiger partial charge in [0.15, 0.2) is 5.82 Å². The first-order valence-corrected chi connectivity index (χ1v) is 7.58. The highest BCUT2D eigenvalue weighted by Crippen LogP contribution is 2.33. The van der Waals surface area contributed by atoms with Gasteiger partial charge in [0.1, 0.15) is 17.6 Å². The van der Waals surface area contributed by atoms with E-state index in [1.807, 2.05) is 7.05 Å². The van der Waals surface area contributed by atoms with Crippen LogP contribution in [0, 0.1) is 6.92 Å². The van der Waals surface area contributed by atoms with E-state index in [1.54, 1.807) is 18.7 Å². The van der Waals surface area contributed by atoms with Crippen LogP contribution in [0.4, 0.5) is 11.5 Å². The number of aryl methyl sites for hydroxylation is 1. The third-order valence-electron chi connectivity index (χ3n) is 4.13. The Kier molecular flexibility index (Phi) is 4.63. The van der Waals surface area contributed by atoms with Crippen molar-refractivity contribution < 1.29 is 9.59 Å². The van der Waals surface area contributed by atoms with Crippen LogP contribution >= 0.6 is 0 Å². The van der Waals surface area contributed by atoms with Gasteiger partial charge in [-0.25, -0.2) is 9.97 Å². The number of aromatic nitrogens is 2. The normalized spacial score (nSPS) is 18.6. The highest BCUT2D eigenvalue weighted by Gasteiger charge is 2.32. The first kappa shape index (κ1) is 16.2. The van der Waals surface area contributed by atoms with Crippen molar-refractivity contribution in [2.45, 2.75) is 52.0 Å². The van der Waals surface area contributed by atoms with Gasteiger partial charge in [0.05, 0.1) is 11.6 Å². The van der Waals surface area contributed by atoms with E-state index in [0.717, 1.165) is 12.8 Å². The quantitative estimate of drug-likeness (QED) is 0.854. The van der Waals surface area contributed by atoms with Crippen LogP contribution in [0.1, 0.15) is 50.5 Å². The Morgan fingerprint density at radius 2 is 2.14 bits per heavy atom. The molecule has 0 fully saturated rings. The van der Waals surface area contributed by atoms with Crippen molar-refractivity contribution in [2.75, 3.05) is 17.3 Å². The highest BCUT2D eigenvalue weighted by atomic mass is 16.2. The van der Waals surface area contributed by atoms with Crippen LogP contribution < -0.4 is 16.0 Å². The highest BCUT2D eigenvalue weighted by molar-refractivity contribution is 6.03. The summed E-state index contributed by atoms with van der Waals surface area (Å²) in [4.78, 5) is 34.4. The van der Waals surface area contributed by atoms with Gasteiger partial charge in [-0.05, 0) is 20.3 Å². The number of carbonyl (C=O) groups excluding carboxylic acids is 2. The van der Waals surface area contributed by atoms with Crippen molar-refractivity contribution in [2.24, 2.45) is 5.73 Å². The van der Waals surface area contributed by atoms with E-state index >= 15 is 0 Å². The second-order valence-corrected chi connectivity index (χ2v) is 5.74. The minimum atomic E-state index is -0.495. The van der Waals surface area contributed by atoms with Gasteiger partial charge in [-0.15, -0.1) is 0 Å². The van der Waals surface area contributed by atoms with Crippen molar-refractivity contribution in [1.82, 2.24) is 9.97 Å². The molecule has 1 aromatic heterocycles. The average Bonchev–Trinajstić information content (AvgIpc) is 2.46. The third-order valence-corrected chi connectivity index (χ3v) is 4.13. The van der Waals surface area contributed by atoms with Crippen LogP contribution in [0.15, 0.2) is 0 Å². The average molecular weight is 305 g/mol. The maximum atomic E-state index is 11.9. The largest absolute Gasteiger partial charge is 0.369 e. The number of rotatable bonds is 5. The molecule has 0 aromatic carbocycles. The standard InChI is InChI=1S/C15H23N5O2/c1-5-6-7-10(12(16)21)13-17-8(2)11-14(19-13)20(4)9(3)15(22)18-11/h9-10H,5-7H2,1-4H3,(H2,16,21)(H,18,22)/t9-,10?/m0/s1. The van der Waals surface area contributed by atoms with Gasteiger partial charge in [0.2, 0.25) is 11.8 Å². The number of amides is 2. The maximum Gasteiger partial charge on any atom is 0.246 e. The molecule has 1 aromatic rings. The zero-order valence-electron chi connectivity index (χ0n) is 13.5. The molecule has 1 aliphatic rings. The summed E-state index contributed by atoms with van der Waals surface area (Å²) in [5.41, 5.74) is 6.77. The Morgan fingerprint density at radius 1 is 1.45 bits per heavy atom. The van der Waals surface area contributed by atoms with Crippen molar-refractivity contribution in [3.8, 4) is 0 Å². The number of unbranched alkanes of at least 4 members (excludes halogenated alkanes) is 1. The Morgan fingerprint density at radius 3 is 2.73 bits per heavy atom. The summed E-state index contributed by atoms with van der Waals surface area (Å²) in [6.45, 7) is 5.66. The Bertz CT molecular complexity index is 602. The molecule has 0 radical (unpaired) electrons. The van der Waals surface area contributed by atoms with E-state index in [0.29, 0.717) is 29.4 Å². The number of anilines is 2. The number of hydrogen-bond acceptors (Lipinski definition) is 5. The van der Waals surface area contributed by atoms with Gasteiger partial charge in [-0.3, -0.25) is 9.59 Å². The van der Waals surface area contributed by atoms with Gasteiger partial charge in [-0.2, -0.15) is 0 Å². The van der Waals surface area contributed by atoms with E-state index in [2.05, 4.69) is 22.2 Å². The summed E-state index contributed by atoms with van der Waals surface area (Å²) in [6.07, 6.45) is 2.49. The molecule has 1 unspecified atom stereocenters. The minimum absolute atomic E-state index is 0.0908. The fourth-order valence-electron chi connectivity index (χ4n) is 2.53. The topological polar surface area (TPSA) is 101 Å². The molecule has 2 heterocycles. The molecule has 2 rings (SSSR count). The third kappa shape index (κ3) is 2.88.